The zero-order valence-corrected chi connectivity index (χ0v) is 40.4. The Morgan fingerprint density at radius 2 is 0.773 bits per heavy atom. The first kappa shape index (κ1) is 44.4. The van der Waals surface area contributed by atoms with Crippen LogP contribution >= 0.6 is 22.9 Å². The van der Waals surface area contributed by atoms with E-state index in [0.717, 1.165) is 67.9 Å². The van der Waals surface area contributed by atoms with Gasteiger partial charge in [0.2, 0.25) is 0 Å². The molecule has 0 aliphatic rings. The molecule has 0 radical (unpaired) electrons. The first-order valence-corrected chi connectivity index (χ1v) is 23.9. The van der Waals surface area contributed by atoms with Crippen LogP contribution in [0.1, 0.15) is 58.2 Å². The average molecular weight is 899 g/mol. The lowest BCUT2D eigenvalue weighted by molar-refractivity contribution is 0.590. The molecule has 1 aromatic heterocycles. The van der Waals surface area contributed by atoms with E-state index in [0.29, 0.717) is 5.02 Å². The molecule has 0 amide bonds. The van der Waals surface area contributed by atoms with E-state index in [1.165, 1.54) is 21.6 Å². The maximum absolute atomic E-state index is 8.10. The van der Waals surface area contributed by atoms with Crippen molar-refractivity contribution in [2.75, 3.05) is 14.7 Å². The number of halogens is 1. The minimum Gasteiger partial charge on any atom is -0.310 e. The van der Waals surface area contributed by atoms with Gasteiger partial charge in [-0.05, 0) is 124 Å². The number of anilines is 9. The smallest absolute Gasteiger partial charge is 0.0887 e. The number of para-hydroxylation sites is 2. The van der Waals surface area contributed by atoms with Gasteiger partial charge in [-0.25, -0.2) is 0 Å². The summed E-state index contributed by atoms with van der Waals surface area (Å²) in [6.07, 6.45) is 0. The molecule has 0 saturated heterocycles. The van der Waals surface area contributed by atoms with Crippen molar-refractivity contribution in [3.05, 3.63) is 233 Å². The molecule has 0 bridgehead atoms. The lowest BCUT2D eigenvalue weighted by atomic mass is 9.87. The molecule has 0 unspecified atom stereocenters. The van der Waals surface area contributed by atoms with Crippen LogP contribution in [0.5, 0.6) is 0 Å². The molecule has 0 atom stereocenters. The SMILES string of the molecule is Cc1cc(N(c2ccc(C(C)(C)C)cc2)c2cccc(N(c3ccccc3)c3ccccc3)c2)c(Cl)c(N(c2ccc(C(C)(C)C)cc2)c2csc(-c3ccccc3)c2-c2ccccc2)c1. The summed E-state index contributed by atoms with van der Waals surface area (Å²) >= 11 is 9.87. The van der Waals surface area contributed by atoms with Gasteiger partial charge >= 0.3 is 0 Å². The highest BCUT2D eigenvalue weighted by molar-refractivity contribution is 7.14. The van der Waals surface area contributed by atoms with Gasteiger partial charge in [-0.2, -0.15) is 0 Å². The fourth-order valence-electron chi connectivity index (χ4n) is 8.68. The van der Waals surface area contributed by atoms with Crippen LogP contribution in [0, 0.1) is 6.92 Å². The van der Waals surface area contributed by atoms with E-state index in [9.17, 15) is 0 Å². The molecule has 0 spiro atoms. The highest BCUT2D eigenvalue weighted by atomic mass is 35.5. The van der Waals surface area contributed by atoms with Gasteiger partial charge in [0, 0.05) is 49.9 Å². The Labute approximate surface area is 400 Å². The molecule has 0 fully saturated rings. The minimum absolute atomic E-state index is 0.0102. The molecule has 66 heavy (non-hydrogen) atoms. The maximum Gasteiger partial charge on any atom is 0.0887 e. The summed E-state index contributed by atoms with van der Waals surface area (Å²) in [7, 11) is 0. The second kappa shape index (κ2) is 18.6. The molecular weight excluding hydrogens is 842 g/mol. The Morgan fingerprint density at radius 3 is 1.26 bits per heavy atom. The normalized spacial score (nSPS) is 11.6. The quantitative estimate of drug-likeness (QED) is 0.128. The summed E-state index contributed by atoms with van der Waals surface area (Å²) in [6.45, 7) is 15.7. The number of nitrogens with zero attached hydrogens (tertiary/aromatic N) is 3. The van der Waals surface area contributed by atoms with Crippen LogP contribution in [-0.2, 0) is 10.8 Å². The van der Waals surface area contributed by atoms with Crippen molar-refractivity contribution in [1.82, 2.24) is 0 Å². The van der Waals surface area contributed by atoms with Crippen LogP contribution in [0.3, 0.4) is 0 Å². The number of hydrogen-bond acceptors (Lipinski definition) is 4. The van der Waals surface area contributed by atoms with Gasteiger partial charge in [-0.3, -0.25) is 0 Å². The van der Waals surface area contributed by atoms with Gasteiger partial charge in [0.1, 0.15) is 0 Å². The zero-order valence-electron chi connectivity index (χ0n) is 38.8. The number of thiophene rings is 1. The molecule has 0 saturated carbocycles. The molecule has 0 aliphatic carbocycles. The standard InChI is InChI=1S/C61H56ClN3S/c1-43-39-54(64(50-35-31-46(32-36-50)60(2,3)4)53-30-20-29-52(41-53)63(48-25-16-10-17-26-48)49-27-18-11-19-28-49)58(62)55(40-43)65(51-37-33-47(34-38-51)61(5,6)7)56-42-66-59(45-23-14-9-15-24-45)57(56)44-21-12-8-13-22-44/h8-42H,1-7H3. The van der Waals surface area contributed by atoms with Gasteiger partial charge < -0.3 is 14.7 Å². The predicted octanol–water partition coefficient (Wildman–Crippen LogP) is 19.0. The largest absolute Gasteiger partial charge is 0.310 e. The van der Waals surface area contributed by atoms with Crippen molar-refractivity contribution in [2.24, 2.45) is 0 Å². The Bertz CT molecular complexity index is 3000. The lowest BCUT2D eigenvalue weighted by Crippen LogP contribution is -2.17. The summed E-state index contributed by atoms with van der Waals surface area (Å²) < 4.78 is 0. The summed E-state index contributed by atoms with van der Waals surface area (Å²) in [6, 6.07) is 73.9. The van der Waals surface area contributed by atoms with Crippen LogP contribution in [0.15, 0.2) is 212 Å². The third kappa shape index (κ3) is 9.17. The molecule has 9 rings (SSSR count). The molecule has 0 N–H and O–H groups in total. The van der Waals surface area contributed by atoms with Crippen molar-refractivity contribution in [3.8, 4) is 21.6 Å². The first-order valence-electron chi connectivity index (χ1n) is 22.7. The molecule has 328 valence electrons. The van der Waals surface area contributed by atoms with Gasteiger partial charge in [0.25, 0.3) is 0 Å². The zero-order chi connectivity index (χ0) is 46.0. The number of rotatable bonds is 11. The van der Waals surface area contributed by atoms with E-state index in [-0.39, 0.29) is 10.8 Å². The van der Waals surface area contributed by atoms with Crippen LogP contribution < -0.4 is 14.7 Å². The fraction of sp³-hybridized carbons (Fsp3) is 0.148. The van der Waals surface area contributed by atoms with Gasteiger partial charge in [-0.1, -0.05) is 181 Å². The Hall–Kier alpha value is -6.85. The summed E-state index contributed by atoms with van der Waals surface area (Å²) in [5, 5.41) is 2.94. The molecule has 3 nitrogen and oxygen atoms in total. The third-order valence-electron chi connectivity index (χ3n) is 12.1. The molecule has 5 heteroatoms. The van der Waals surface area contributed by atoms with Crippen molar-refractivity contribution in [1.29, 1.82) is 0 Å². The third-order valence-corrected chi connectivity index (χ3v) is 13.5. The monoisotopic (exact) mass is 897 g/mol. The average Bonchev–Trinajstić information content (AvgIpc) is 3.76. The van der Waals surface area contributed by atoms with Crippen LogP contribution in [0.2, 0.25) is 5.02 Å². The fourth-order valence-corrected chi connectivity index (χ4v) is 10.0. The topological polar surface area (TPSA) is 9.72 Å². The van der Waals surface area contributed by atoms with Crippen molar-refractivity contribution in [3.63, 3.8) is 0 Å². The first-order chi connectivity index (χ1) is 31.8. The second-order valence-corrected chi connectivity index (χ2v) is 20.2. The Balaban J connectivity index is 1.29. The summed E-state index contributed by atoms with van der Waals surface area (Å²) in [5.41, 5.74) is 16.1. The maximum atomic E-state index is 8.10. The van der Waals surface area contributed by atoms with Gasteiger partial charge in [0.15, 0.2) is 0 Å². The van der Waals surface area contributed by atoms with E-state index in [2.05, 4.69) is 275 Å². The van der Waals surface area contributed by atoms with E-state index in [1.54, 1.807) is 11.3 Å². The van der Waals surface area contributed by atoms with E-state index < -0.39 is 0 Å². The van der Waals surface area contributed by atoms with E-state index in [1.807, 2.05) is 0 Å². The number of aryl methyl sites for hydroxylation is 1. The number of hydrogen-bond donors (Lipinski definition) is 0. The lowest BCUT2D eigenvalue weighted by Gasteiger charge is -2.33. The summed E-state index contributed by atoms with van der Waals surface area (Å²) in [4.78, 5) is 8.21. The van der Waals surface area contributed by atoms with Crippen molar-refractivity contribution < 1.29 is 0 Å². The molecule has 1 heterocycles. The predicted molar refractivity (Wildman–Crippen MR) is 286 cm³/mol. The minimum atomic E-state index is -0.0120. The van der Waals surface area contributed by atoms with Crippen molar-refractivity contribution >= 4 is 74.1 Å². The highest BCUT2D eigenvalue weighted by Gasteiger charge is 2.28. The van der Waals surface area contributed by atoms with Crippen LogP contribution in [-0.4, -0.2) is 0 Å². The Morgan fingerprint density at radius 1 is 0.379 bits per heavy atom. The van der Waals surface area contributed by atoms with E-state index in [4.69, 9.17) is 11.6 Å². The van der Waals surface area contributed by atoms with Crippen LogP contribution in [0.4, 0.5) is 51.2 Å². The number of benzene rings is 8. The second-order valence-electron chi connectivity index (χ2n) is 19.0. The van der Waals surface area contributed by atoms with Gasteiger partial charge in [0.05, 0.1) is 22.1 Å². The Kier molecular flexibility index (Phi) is 12.5. The molecule has 8 aromatic carbocycles. The molecular formula is C61H56ClN3S. The van der Waals surface area contributed by atoms with Crippen molar-refractivity contribution in [2.45, 2.75) is 59.3 Å². The molecule has 0 aliphatic heterocycles. The van der Waals surface area contributed by atoms with E-state index >= 15 is 0 Å². The van der Waals surface area contributed by atoms with Gasteiger partial charge in [-0.15, -0.1) is 11.3 Å². The summed E-state index contributed by atoms with van der Waals surface area (Å²) in [5.74, 6) is 0. The highest BCUT2D eigenvalue weighted by Crippen LogP contribution is 2.53. The van der Waals surface area contributed by atoms with Crippen LogP contribution in [0.25, 0.3) is 21.6 Å². The molecule has 9 aromatic rings.